The molecule has 0 aliphatic rings. The Morgan fingerprint density at radius 2 is 1.76 bits per heavy atom. The van der Waals surface area contributed by atoms with Crippen LogP contribution in [0.4, 0.5) is 4.39 Å². The number of carboxylic acid groups (broad SMARTS) is 1. The third-order valence-corrected chi connectivity index (χ3v) is 6.91. The smallest absolute Gasteiger partial charge is 0.335 e. The summed E-state index contributed by atoms with van der Waals surface area (Å²) < 4.78 is 19.8. The summed E-state index contributed by atoms with van der Waals surface area (Å²) >= 11 is 5.78. The number of benzene rings is 3. The molecule has 0 saturated heterocycles. The molecule has 2 atom stereocenters. The fraction of sp³-hybridized carbons (Fsp3) is 0.387. The molecule has 0 fully saturated rings. The Hall–Kier alpha value is -2.77. The van der Waals surface area contributed by atoms with E-state index in [0.717, 1.165) is 27.8 Å². The van der Waals surface area contributed by atoms with E-state index in [4.69, 9.17) is 16.3 Å². The maximum Gasteiger partial charge on any atom is 0.335 e. The van der Waals surface area contributed by atoms with E-state index in [9.17, 15) is 19.4 Å². The predicted molar refractivity (Wildman–Crippen MR) is 150 cm³/mol. The molecule has 3 rings (SSSR count). The van der Waals surface area contributed by atoms with E-state index in [1.807, 2.05) is 71.0 Å². The highest BCUT2D eigenvalue weighted by molar-refractivity contribution is 6.30. The van der Waals surface area contributed by atoms with Gasteiger partial charge >= 0.3 is 5.97 Å². The molecule has 1 unspecified atom stereocenters. The molecule has 5 nitrogen and oxygen atoms in total. The predicted octanol–water partition coefficient (Wildman–Crippen LogP) is 7.02. The van der Waals surface area contributed by atoms with Crippen molar-refractivity contribution in [3.8, 4) is 11.1 Å². The summed E-state index contributed by atoms with van der Waals surface area (Å²) in [7, 11) is 0. The number of ether oxygens (including phenoxy) is 1. The lowest BCUT2D eigenvalue weighted by Crippen LogP contribution is -2.46. The number of carboxylic acids is 1. The Bertz CT molecular complexity index is 1260. The third kappa shape index (κ3) is 7.87. The van der Waals surface area contributed by atoms with Crippen molar-refractivity contribution in [1.29, 1.82) is 0 Å². The minimum atomic E-state index is -0.934. The summed E-state index contributed by atoms with van der Waals surface area (Å²) in [5, 5.41) is 23.6. The molecule has 3 aromatic rings. The minimum absolute atomic E-state index is 0.0625. The summed E-state index contributed by atoms with van der Waals surface area (Å²) in [5.41, 5.74) is 4.37. The zero-order valence-electron chi connectivity index (χ0n) is 22.6. The van der Waals surface area contributed by atoms with Crippen molar-refractivity contribution < 1.29 is 24.1 Å². The first kappa shape index (κ1) is 29.8. The number of aliphatic hydroxyl groups is 1. The molecule has 0 amide bonds. The summed E-state index contributed by atoms with van der Waals surface area (Å²) in [6.07, 6.45) is -0.474. The van der Waals surface area contributed by atoms with Crippen molar-refractivity contribution in [2.24, 2.45) is 0 Å². The zero-order valence-corrected chi connectivity index (χ0v) is 23.3. The summed E-state index contributed by atoms with van der Waals surface area (Å²) in [5.74, 6) is -1.32. The molecule has 7 heteroatoms. The molecule has 0 aromatic heterocycles. The highest BCUT2D eigenvalue weighted by Gasteiger charge is 2.21. The molecular formula is C31H37ClFNO4. The Balaban J connectivity index is 1.63. The lowest BCUT2D eigenvalue weighted by Gasteiger charge is -2.28. The summed E-state index contributed by atoms with van der Waals surface area (Å²) in [4.78, 5) is 11.7. The van der Waals surface area contributed by atoms with Gasteiger partial charge in [0.05, 0.1) is 29.4 Å². The quantitative estimate of drug-likeness (QED) is 0.230. The van der Waals surface area contributed by atoms with Gasteiger partial charge in [0.15, 0.2) is 0 Å². The van der Waals surface area contributed by atoms with Gasteiger partial charge in [0.1, 0.15) is 5.82 Å². The number of aromatic carboxylic acids is 1. The second-order valence-corrected chi connectivity index (χ2v) is 11.1. The van der Waals surface area contributed by atoms with Crippen LogP contribution in [0.5, 0.6) is 0 Å². The van der Waals surface area contributed by atoms with Crippen LogP contribution in [0.1, 0.15) is 73.7 Å². The first-order chi connectivity index (χ1) is 17.9. The molecular weight excluding hydrogens is 505 g/mol. The standard InChI is InChI=1S/C31H37ClFNO4/c1-19(2)27-15-22(11-12-26(27)30(36)37)25-9-7-6-8-24(25)20(3)38-18-23(35)17-34-31(4,5)16-21-10-13-28(32)29(33)14-21/h6-15,19-20,23,34-35H,16-18H2,1-5H3,(H,36,37)/t20?,23-/m0/s1. The average molecular weight is 542 g/mol. The van der Waals surface area contributed by atoms with E-state index in [0.29, 0.717) is 18.5 Å². The molecule has 38 heavy (non-hydrogen) atoms. The Labute approximate surface area is 229 Å². The van der Waals surface area contributed by atoms with Gasteiger partial charge in [-0.2, -0.15) is 0 Å². The van der Waals surface area contributed by atoms with Crippen LogP contribution in [0.2, 0.25) is 5.02 Å². The van der Waals surface area contributed by atoms with E-state index >= 15 is 0 Å². The number of rotatable bonds is 12. The summed E-state index contributed by atoms with van der Waals surface area (Å²) in [6.45, 7) is 10.3. The number of carbonyl (C=O) groups is 1. The minimum Gasteiger partial charge on any atom is -0.478 e. The third-order valence-electron chi connectivity index (χ3n) is 6.60. The highest BCUT2D eigenvalue weighted by atomic mass is 35.5. The van der Waals surface area contributed by atoms with Crippen LogP contribution in [-0.2, 0) is 11.2 Å². The van der Waals surface area contributed by atoms with E-state index < -0.39 is 17.9 Å². The Morgan fingerprint density at radius 3 is 2.42 bits per heavy atom. The van der Waals surface area contributed by atoms with Crippen LogP contribution in [0, 0.1) is 5.82 Å². The van der Waals surface area contributed by atoms with Gasteiger partial charge in [-0.25, -0.2) is 9.18 Å². The average Bonchev–Trinajstić information content (AvgIpc) is 2.87. The fourth-order valence-electron chi connectivity index (χ4n) is 4.54. The van der Waals surface area contributed by atoms with Gasteiger partial charge < -0.3 is 20.3 Å². The lowest BCUT2D eigenvalue weighted by molar-refractivity contribution is -0.00397. The SMILES string of the molecule is CC(C)c1cc(-c2ccccc2C(C)OC[C@@H](O)CNC(C)(C)Cc2ccc(Cl)c(F)c2)ccc1C(=O)O. The molecule has 0 saturated carbocycles. The van der Waals surface area contributed by atoms with Crippen molar-refractivity contribution in [3.05, 3.63) is 93.8 Å². The van der Waals surface area contributed by atoms with E-state index in [2.05, 4.69) is 5.32 Å². The number of aliphatic hydroxyl groups excluding tert-OH is 1. The number of hydrogen-bond donors (Lipinski definition) is 3. The molecule has 0 radical (unpaired) electrons. The van der Waals surface area contributed by atoms with Gasteiger partial charge in [-0.15, -0.1) is 0 Å². The number of halogens is 2. The first-order valence-corrected chi connectivity index (χ1v) is 13.2. The van der Waals surface area contributed by atoms with Crippen LogP contribution in [0.3, 0.4) is 0 Å². The normalized spacial score (nSPS) is 13.5. The highest BCUT2D eigenvalue weighted by Crippen LogP contribution is 2.33. The van der Waals surface area contributed by atoms with Crippen molar-refractivity contribution in [3.63, 3.8) is 0 Å². The molecule has 204 valence electrons. The van der Waals surface area contributed by atoms with Crippen LogP contribution in [0.25, 0.3) is 11.1 Å². The van der Waals surface area contributed by atoms with Crippen LogP contribution in [-0.4, -0.2) is 41.0 Å². The second-order valence-electron chi connectivity index (χ2n) is 10.7. The second kappa shape index (κ2) is 12.9. The molecule has 0 heterocycles. The van der Waals surface area contributed by atoms with Gasteiger partial charge in [0.2, 0.25) is 0 Å². The van der Waals surface area contributed by atoms with Gasteiger partial charge in [-0.05, 0) is 79.1 Å². The maximum absolute atomic E-state index is 13.8. The van der Waals surface area contributed by atoms with E-state index in [1.165, 1.54) is 6.07 Å². The van der Waals surface area contributed by atoms with Crippen molar-refractivity contribution in [2.75, 3.05) is 13.2 Å². The number of β-amino-alcohol motifs (C(OH)–C–C–N with tert-alkyl or cyclic N) is 1. The van der Waals surface area contributed by atoms with Gasteiger partial charge in [-0.1, -0.05) is 67.9 Å². The Kier molecular flexibility index (Phi) is 10.1. The molecule has 0 spiro atoms. The maximum atomic E-state index is 13.8. The van der Waals surface area contributed by atoms with E-state index in [-0.39, 0.29) is 29.2 Å². The largest absolute Gasteiger partial charge is 0.478 e. The number of hydrogen-bond acceptors (Lipinski definition) is 4. The van der Waals surface area contributed by atoms with Gasteiger partial charge in [-0.3, -0.25) is 0 Å². The molecule has 0 bridgehead atoms. The zero-order chi connectivity index (χ0) is 28.0. The van der Waals surface area contributed by atoms with Crippen molar-refractivity contribution in [1.82, 2.24) is 5.32 Å². The summed E-state index contributed by atoms with van der Waals surface area (Å²) in [6, 6.07) is 18.1. The van der Waals surface area contributed by atoms with Gasteiger partial charge in [0, 0.05) is 12.1 Å². The van der Waals surface area contributed by atoms with Crippen molar-refractivity contribution >= 4 is 17.6 Å². The van der Waals surface area contributed by atoms with Crippen LogP contribution in [0.15, 0.2) is 60.7 Å². The molecule has 3 N–H and O–H groups in total. The molecule has 0 aliphatic heterocycles. The monoisotopic (exact) mass is 541 g/mol. The Morgan fingerprint density at radius 1 is 1.05 bits per heavy atom. The molecule has 0 aliphatic carbocycles. The topological polar surface area (TPSA) is 78.8 Å². The lowest BCUT2D eigenvalue weighted by atomic mass is 9.90. The van der Waals surface area contributed by atoms with Crippen LogP contribution >= 0.6 is 11.6 Å². The molecule has 3 aromatic carbocycles. The van der Waals surface area contributed by atoms with Crippen molar-refractivity contribution in [2.45, 2.75) is 64.7 Å². The number of nitrogens with one attached hydrogen (secondary N) is 1. The first-order valence-electron chi connectivity index (χ1n) is 12.8. The van der Waals surface area contributed by atoms with Crippen LogP contribution < -0.4 is 5.32 Å². The van der Waals surface area contributed by atoms with E-state index in [1.54, 1.807) is 18.2 Å². The van der Waals surface area contributed by atoms with Gasteiger partial charge in [0.25, 0.3) is 0 Å². The fourth-order valence-corrected chi connectivity index (χ4v) is 4.66.